The lowest BCUT2D eigenvalue weighted by Gasteiger charge is -2.28. The quantitative estimate of drug-likeness (QED) is 0.759. The van der Waals surface area contributed by atoms with Crippen LogP contribution in [0, 0.1) is 10.6 Å². The van der Waals surface area contributed by atoms with E-state index in [9.17, 15) is 0 Å². The molecule has 2 nitrogen and oxygen atoms in total. The molecule has 3 rings (SSSR count). The Morgan fingerprint density at radius 2 is 2.05 bits per heavy atom. The maximum Gasteiger partial charge on any atom is 0.130 e. The number of benzene rings is 1. The maximum atomic E-state index is 5.38. The van der Waals surface area contributed by atoms with E-state index in [1.54, 1.807) is 0 Å². The lowest BCUT2D eigenvalue weighted by Crippen LogP contribution is -2.16. The summed E-state index contributed by atoms with van der Waals surface area (Å²) in [4.78, 5) is 8.15. The van der Waals surface area contributed by atoms with Gasteiger partial charge in [-0.2, -0.15) is 0 Å². The molecule has 2 atom stereocenters. The van der Waals surface area contributed by atoms with E-state index in [4.69, 9.17) is 12.2 Å². The van der Waals surface area contributed by atoms with Crippen molar-refractivity contribution in [3.63, 3.8) is 0 Å². The van der Waals surface area contributed by atoms with Gasteiger partial charge in [0.25, 0.3) is 0 Å². The minimum Gasteiger partial charge on any atom is -0.343 e. The SMILES string of the molecule is CCC1CCCC(c2nc(=S)cc(-c3ccccc3)[nH]2)C1. The number of nitrogens with one attached hydrogen (secondary N) is 1. The van der Waals surface area contributed by atoms with Crippen molar-refractivity contribution in [2.24, 2.45) is 5.92 Å². The molecular weight excluding hydrogens is 276 g/mol. The summed E-state index contributed by atoms with van der Waals surface area (Å²) < 4.78 is 0.696. The van der Waals surface area contributed by atoms with Crippen molar-refractivity contribution in [2.75, 3.05) is 0 Å². The van der Waals surface area contributed by atoms with Gasteiger partial charge in [-0.15, -0.1) is 0 Å². The summed E-state index contributed by atoms with van der Waals surface area (Å²) in [6, 6.07) is 12.3. The fourth-order valence-corrected chi connectivity index (χ4v) is 3.57. The van der Waals surface area contributed by atoms with Crippen LogP contribution in [0.25, 0.3) is 11.3 Å². The summed E-state index contributed by atoms with van der Waals surface area (Å²) in [6.45, 7) is 2.29. The molecule has 0 amide bonds. The lowest BCUT2D eigenvalue weighted by molar-refractivity contribution is 0.307. The number of rotatable bonds is 3. The van der Waals surface area contributed by atoms with Gasteiger partial charge in [0.15, 0.2) is 0 Å². The zero-order chi connectivity index (χ0) is 14.7. The van der Waals surface area contributed by atoms with Crippen LogP contribution in [0.5, 0.6) is 0 Å². The van der Waals surface area contributed by atoms with E-state index in [2.05, 4.69) is 41.2 Å². The highest BCUT2D eigenvalue weighted by atomic mass is 32.1. The summed E-state index contributed by atoms with van der Waals surface area (Å²) >= 11 is 5.38. The Labute approximate surface area is 131 Å². The van der Waals surface area contributed by atoms with E-state index >= 15 is 0 Å². The summed E-state index contributed by atoms with van der Waals surface area (Å²) in [5, 5.41) is 0. The van der Waals surface area contributed by atoms with E-state index in [0.717, 1.165) is 17.4 Å². The van der Waals surface area contributed by atoms with Gasteiger partial charge in [0, 0.05) is 11.6 Å². The lowest BCUT2D eigenvalue weighted by atomic mass is 9.80. The van der Waals surface area contributed by atoms with Gasteiger partial charge in [0.1, 0.15) is 10.5 Å². The van der Waals surface area contributed by atoms with Crippen LogP contribution in [0.4, 0.5) is 0 Å². The second-order valence-electron chi connectivity index (χ2n) is 6.02. The molecule has 0 spiro atoms. The Balaban J connectivity index is 1.93. The molecule has 1 heterocycles. The van der Waals surface area contributed by atoms with Crippen molar-refractivity contribution < 1.29 is 0 Å². The molecule has 1 saturated carbocycles. The Bertz CT molecular complexity index is 648. The number of aromatic nitrogens is 2. The molecule has 0 aliphatic heterocycles. The molecule has 1 N–H and O–H groups in total. The molecule has 1 aromatic carbocycles. The van der Waals surface area contributed by atoms with E-state index in [0.29, 0.717) is 10.6 Å². The largest absolute Gasteiger partial charge is 0.343 e. The minimum absolute atomic E-state index is 0.536. The average Bonchev–Trinajstić information content (AvgIpc) is 2.55. The molecule has 2 aromatic rings. The van der Waals surface area contributed by atoms with Crippen molar-refractivity contribution in [1.82, 2.24) is 9.97 Å². The summed E-state index contributed by atoms with van der Waals surface area (Å²) in [7, 11) is 0. The zero-order valence-corrected chi connectivity index (χ0v) is 13.3. The molecule has 1 aromatic heterocycles. The van der Waals surface area contributed by atoms with Gasteiger partial charge in [-0.1, -0.05) is 68.7 Å². The highest BCUT2D eigenvalue weighted by Crippen LogP contribution is 2.36. The molecular formula is C18H22N2S. The number of nitrogens with zero attached hydrogens (tertiary/aromatic N) is 1. The van der Waals surface area contributed by atoms with Gasteiger partial charge in [-0.3, -0.25) is 0 Å². The third-order valence-electron chi connectivity index (χ3n) is 4.59. The first kappa shape index (κ1) is 14.5. The van der Waals surface area contributed by atoms with Crippen molar-refractivity contribution in [2.45, 2.75) is 44.9 Å². The van der Waals surface area contributed by atoms with Crippen LogP contribution < -0.4 is 0 Å². The molecule has 1 fully saturated rings. The first-order valence-electron chi connectivity index (χ1n) is 7.93. The fourth-order valence-electron chi connectivity index (χ4n) is 3.35. The van der Waals surface area contributed by atoms with E-state index in [-0.39, 0.29) is 0 Å². The van der Waals surface area contributed by atoms with Crippen LogP contribution in [0.3, 0.4) is 0 Å². The summed E-state index contributed by atoms with van der Waals surface area (Å²) in [5.74, 6) is 2.46. The molecule has 0 saturated heterocycles. The molecule has 1 aliphatic carbocycles. The normalized spacial score (nSPS) is 22.1. The van der Waals surface area contributed by atoms with Gasteiger partial charge in [-0.25, -0.2) is 4.98 Å². The standard InChI is InChI=1S/C18H22N2S/c1-2-13-7-6-10-15(11-13)18-19-16(12-17(21)20-18)14-8-4-3-5-9-14/h3-5,8-9,12-13,15H,2,6-7,10-11H2,1H3,(H,19,20,21). The smallest absolute Gasteiger partial charge is 0.130 e. The predicted molar refractivity (Wildman–Crippen MR) is 89.8 cm³/mol. The number of hydrogen-bond acceptors (Lipinski definition) is 2. The Morgan fingerprint density at radius 1 is 1.24 bits per heavy atom. The summed E-state index contributed by atoms with van der Waals surface area (Å²) in [5.41, 5.74) is 2.26. The van der Waals surface area contributed by atoms with Crippen LogP contribution in [-0.2, 0) is 0 Å². The van der Waals surface area contributed by atoms with E-state index < -0.39 is 0 Å². The van der Waals surface area contributed by atoms with E-state index in [1.165, 1.54) is 37.7 Å². The van der Waals surface area contributed by atoms with Gasteiger partial charge < -0.3 is 4.98 Å². The van der Waals surface area contributed by atoms with Crippen LogP contribution in [-0.4, -0.2) is 9.97 Å². The topological polar surface area (TPSA) is 28.7 Å². The summed E-state index contributed by atoms with van der Waals surface area (Å²) in [6.07, 6.45) is 6.42. The third kappa shape index (κ3) is 3.41. The second kappa shape index (κ2) is 6.52. The molecule has 0 radical (unpaired) electrons. The van der Waals surface area contributed by atoms with Gasteiger partial charge in [0.05, 0.1) is 0 Å². The van der Waals surface area contributed by atoms with Crippen LogP contribution in [0.1, 0.15) is 50.8 Å². The van der Waals surface area contributed by atoms with Crippen molar-refractivity contribution in [1.29, 1.82) is 0 Å². The Kier molecular flexibility index (Phi) is 4.49. The van der Waals surface area contributed by atoms with Crippen LogP contribution in [0.15, 0.2) is 36.4 Å². The molecule has 1 aliphatic rings. The number of aromatic amines is 1. The molecule has 21 heavy (non-hydrogen) atoms. The minimum atomic E-state index is 0.536. The van der Waals surface area contributed by atoms with Gasteiger partial charge in [-0.05, 0) is 30.4 Å². The highest BCUT2D eigenvalue weighted by Gasteiger charge is 2.23. The Morgan fingerprint density at radius 3 is 2.81 bits per heavy atom. The first-order chi connectivity index (χ1) is 10.3. The first-order valence-corrected chi connectivity index (χ1v) is 8.33. The average molecular weight is 298 g/mol. The van der Waals surface area contributed by atoms with E-state index in [1.807, 2.05) is 12.1 Å². The third-order valence-corrected chi connectivity index (χ3v) is 4.80. The number of H-pyrrole nitrogens is 1. The van der Waals surface area contributed by atoms with Crippen LogP contribution in [0.2, 0.25) is 0 Å². The molecule has 3 heteroatoms. The predicted octanol–water partition coefficient (Wildman–Crippen LogP) is 5.49. The Hall–Kier alpha value is -1.48. The van der Waals surface area contributed by atoms with Gasteiger partial charge >= 0.3 is 0 Å². The van der Waals surface area contributed by atoms with Crippen molar-refractivity contribution in [3.05, 3.63) is 46.9 Å². The number of hydrogen-bond donors (Lipinski definition) is 1. The highest BCUT2D eigenvalue weighted by molar-refractivity contribution is 7.71. The van der Waals surface area contributed by atoms with Crippen LogP contribution >= 0.6 is 12.2 Å². The zero-order valence-electron chi connectivity index (χ0n) is 12.5. The molecule has 110 valence electrons. The molecule has 0 bridgehead atoms. The monoisotopic (exact) mass is 298 g/mol. The fraction of sp³-hybridized carbons (Fsp3) is 0.444. The van der Waals surface area contributed by atoms with Crippen molar-refractivity contribution >= 4 is 12.2 Å². The maximum absolute atomic E-state index is 5.38. The molecule has 2 unspecified atom stereocenters. The second-order valence-corrected chi connectivity index (χ2v) is 6.44. The van der Waals surface area contributed by atoms with Gasteiger partial charge in [0.2, 0.25) is 0 Å². The van der Waals surface area contributed by atoms with Crippen molar-refractivity contribution in [3.8, 4) is 11.3 Å².